The number of nitrogens with zero attached hydrogens (tertiary/aromatic N) is 2. The van der Waals surface area contributed by atoms with Crippen molar-refractivity contribution < 1.29 is 9.26 Å². The van der Waals surface area contributed by atoms with Crippen LogP contribution >= 0.6 is 0 Å². The standard InChI is InChI=1S/C10H19N3O2/c1-3-5-8(11)10-12-9(13-15-10)7-14-6-4-2/h8H,3-7,11H2,1-2H3/t8-/m0/s1. The van der Waals surface area contributed by atoms with Crippen LogP contribution in [0.3, 0.4) is 0 Å². The second-order valence-electron chi connectivity index (χ2n) is 3.50. The van der Waals surface area contributed by atoms with Gasteiger partial charge in [-0.2, -0.15) is 4.98 Å². The average molecular weight is 213 g/mol. The van der Waals surface area contributed by atoms with E-state index in [2.05, 4.69) is 24.0 Å². The van der Waals surface area contributed by atoms with Crippen LogP contribution in [0, 0.1) is 0 Å². The smallest absolute Gasteiger partial charge is 0.243 e. The Morgan fingerprint density at radius 1 is 1.40 bits per heavy atom. The molecule has 86 valence electrons. The van der Waals surface area contributed by atoms with Crippen LogP contribution in [0.15, 0.2) is 4.52 Å². The van der Waals surface area contributed by atoms with Crippen molar-refractivity contribution in [2.45, 2.75) is 45.8 Å². The molecule has 1 rings (SSSR count). The largest absolute Gasteiger partial charge is 0.373 e. The van der Waals surface area contributed by atoms with Crippen molar-refractivity contribution in [3.63, 3.8) is 0 Å². The first-order valence-corrected chi connectivity index (χ1v) is 5.43. The van der Waals surface area contributed by atoms with Gasteiger partial charge in [0.1, 0.15) is 6.61 Å². The highest BCUT2D eigenvalue weighted by molar-refractivity contribution is 4.90. The van der Waals surface area contributed by atoms with E-state index in [4.69, 9.17) is 15.0 Å². The van der Waals surface area contributed by atoms with Gasteiger partial charge < -0.3 is 15.0 Å². The second kappa shape index (κ2) is 6.53. The molecule has 1 heterocycles. The summed E-state index contributed by atoms with van der Waals surface area (Å²) >= 11 is 0. The molecule has 0 aliphatic heterocycles. The number of hydrogen-bond donors (Lipinski definition) is 1. The third kappa shape index (κ3) is 3.97. The zero-order chi connectivity index (χ0) is 11.1. The Bertz CT molecular complexity index is 275. The molecule has 0 spiro atoms. The Labute approximate surface area is 90.0 Å². The van der Waals surface area contributed by atoms with Crippen molar-refractivity contribution in [2.24, 2.45) is 5.73 Å². The molecule has 0 saturated carbocycles. The third-order valence-electron chi connectivity index (χ3n) is 1.98. The molecule has 1 aromatic rings. The van der Waals surface area contributed by atoms with Crippen molar-refractivity contribution in [3.05, 3.63) is 11.7 Å². The van der Waals surface area contributed by atoms with E-state index < -0.39 is 0 Å². The molecule has 15 heavy (non-hydrogen) atoms. The molecule has 0 fully saturated rings. The molecule has 0 saturated heterocycles. The van der Waals surface area contributed by atoms with E-state index in [1.807, 2.05) is 0 Å². The molecule has 1 aromatic heterocycles. The maximum Gasteiger partial charge on any atom is 0.243 e. The number of nitrogens with two attached hydrogens (primary N) is 1. The summed E-state index contributed by atoms with van der Waals surface area (Å²) in [6.07, 6.45) is 2.85. The average Bonchev–Trinajstić information content (AvgIpc) is 2.67. The minimum Gasteiger partial charge on any atom is -0.373 e. The maximum absolute atomic E-state index is 5.84. The summed E-state index contributed by atoms with van der Waals surface area (Å²) in [6, 6.07) is -0.151. The quantitative estimate of drug-likeness (QED) is 0.699. The summed E-state index contributed by atoms with van der Waals surface area (Å²) < 4.78 is 10.3. The monoisotopic (exact) mass is 213 g/mol. The van der Waals surface area contributed by atoms with Gasteiger partial charge in [0.05, 0.1) is 6.04 Å². The van der Waals surface area contributed by atoms with Crippen molar-refractivity contribution in [3.8, 4) is 0 Å². The summed E-state index contributed by atoms with van der Waals surface area (Å²) in [5.74, 6) is 1.08. The van der Waals surface area contributed by atoms with Crippen LogP contribution in [0.2, 0.25) is 0 Å². The van der Waals surface area contributed by atoms with Gasteiger partial charge in [0.25, 0.3) is 0 Å². The fourth-order valence-corrected chi connectivity index (χ4v) is 1.22. The Hall–Kier alpha value is -0.940. The van der Waals surface area contributed by atoms with Crippen LogP contribution in [0.25, 0.3) is 0 Å². The van der Waals surface area contributed by atoms with Crippen LogP contribution in [0.5, 0.6) is 0 Å². The van der Waals surface area contributed by atoms with Gasteiger partial charge in [-0.1, -0.05) is 25.4 Å². The van der Waals surface area contributed by atoms with Gasteiger partial charge >= 0.3 is 0 Å². The summed E-state index contributed by atoms with van der Waals surface area (Å²) in [5.41, 5.74) is 5.84. The van der Waals surface area contributed by atoms with Gasteiger partial charge in [0.2, 0.25) is 5.89 Å². The van der Waals surface area contributed by atoms with E-state index in [0.29, 0.717) is 24.9 Å². The van der Waals surface area contributed by atoms with Gasteiger partial charge in [0, 0.05) is 6.61 Å². The van der Waals surface area contributed by atoms with Gasteiger partial charge in [0.15, 0.2) is 5.82 Å². The van der Waals surface area contributed by atoms with Crippen LogP contribution in [-0.2, 0) is 11.3 Å². The van der Waals surface area contributed by atoms with Crippen molar-refractivity contribution in [1.29, 1.82) is 0 Å². The van der Waals surface area contributed by atoms with Gasteiger partial charge in [-0.25, -0.2) is 0 Å². The van der Waals surface area contributed by atoms with Gasteiger partial charge in [-0.15, -0.1) is 0 Å². The number of hydrogen-bond acceptors (Lipinski definition) is 5. The van der Waals surface area contributed by atoms with Crippen molar-refractivity contribution in [1.82, 2.24) is 10.1 Å². The summed E-state index contributed by atoms with van der Waals surface area (Å²) in [7, 11) is 0. The van der Waals surface area contributed by atoms with E-state index in [-0.39, 0.29) is 6.04 Å². The highest BCUT2D eigenvalue weighted by atomic mass is 16.5. The zero-order valence-corrected chi connectivity index (χ0v) is 9.40. The molecular weight excluding hydrogens is 194 g/mol. The predicted octanol–water partition coefficient (Wildman–Crippen LogP) is 1.80. The number of ether oxygens (including phenoxy) is 1. The zero-order valence-electron chi connectivity index (χ0n) is 9.40. The minimum atomic E-state index is -0.151. The topological polar surface area (TPSA) is 74.2 Å². The van der Waals surface area contributed by atoms with Crippen molar-refractivity contribution in [2.75, 3.05) is 6.61 Å². The molecule has 1 atom stereocenters. The Kier molecular flexibility index (Phi) is 5.28. The number of rotatable bonds is 7. The number of aromatic nitrogens is 2. The summed E-state index contributed by atoms with van der Waals surface area (Å²) in [5, 5.41) is 3.80. The normalized spacial score (nSPS) is 13.0. The Morgan fingerprint density at radius 3 is 2.87 bits per heavy atom. The lowest BCUT2D eigenvalue weighted by Gasteiger charge is -2.02. The molecular formula is C10H19N3O2. The first-order chi connectivity index (χ1) is 7.27. The lowest BCUT2D eigenvalue weighted by atomic mass is 10.2. The van der Waals surface area contributed by atoms with Gasteiger partial charge in [-0.05, 0) is 12.8 Å². The van der Waals surface area contributed by atoms with Crippen LogP contribution in [0.4, 0.5) is 0 Å². The molecule has 0 aliphatic rings. The van der Waals surface area contributed by atoms with Crippen LogP contribution < -0.4 is 5.73 Å². The summed E-state index contributed by atoms with van der Waals surface area (Å²) in [6.45, 7) is 5.24. The fourth-order valence-electron chi connectivity index (χ4n) is 1.22. The van der Waals surface area contributed by atoms with E-state index in [0.717, 1.165) is 19.3 Å². The van der Waals surface area contributed by atoms with E-state index in [1.165, 1.54) is 0 Å². The minimum absolute atomic E-state index is 0.151. The highest BCUT2D eigenvalue weighted by Gasteiger charge is 2.13. The Morgan fingerprint density at radius 2 is 2.20 bits per heavy atom. The van der Waals surface area contributed by atoms with E-state index in [9.17, 15) is 0 Å². The molecule has 2 N–H and O–H groups in total. The lowest BCUT2D eigenvalue weighted by molar-refractivity contribution is 0.114. The lowest BCUT2D eigenvalue weighted by Crippen LogP contribution is -2.10. The molecule has 5 nitrogen and oxygen atoms in total. The second-order valence-corrected chi connectivity index (χ2v) is 3.50. The summed E-state index contributed by atoms with van der Waals surface area (Å²) in [4.78, 5) is 4.17. The van der Waals surface area contributed by atoms with Gasteiger partial charge in [-0.3, -0.25) is 0 Å². The first kappa shape index (κ1) is 12.1. The third-order valence-corrected chi connectivity index (χ3v) is 1.98. The molecule has 0 amide bonds. The molecule has 0 aliphatic carbocycles. The molecule has 5 heteroatoms. The molecule has 0 radical (unpaired) electrons. The van der Waals surface area contributed by atoms with Crippen LogP contribution in [0.1, 0.15) is 50.9 Å². The molecule has 0 unspecified atom stereocenters. The predicted molar refractivity (Wildman–Crippen MR) is 56.1 cm³/mol. The van der Waals surface area contributed by atoms with E-state index >= 15 is 0 Å². The van der Waals surface area contributed by atoms with E-state index in [1.54, 1.807) is 0 Å². The molecule has 0 bridgehead atoms. The first-order valence-electron chi connectivity index (χ1n) is 5.43. The maximum atomic E-state index is 5.84. The highest BCUT2D eigenvalue weighted by Crippen LogP contribution is 2.13. The van der Waals surface area contributed by atoms with Crippen molar-refractivity contribution >= 4 is 0 Å². The Balaban J connectivity index is 2.41. The SMILES string of the molecule is CCCOCc1noc([C@@H](N)CCC)n1. The molecule has 0 aromatic carbocycles. The van der Waals surface area contributed by atoms with Crippen LogP contribution in [-0.4, -0.2) is 16.7 Å². The fraction of sp³-hybridized carbons (Fsp3) is 0.800.